The monoisotopic (exact) mass is 204 g/mol. The van der Waals surface area contributed by atoms with Gasteiger partial charge in [0, 0.05) is 17.0 Å². The van der Waals surface area contributed by atoms with Crippen LogP contribution in [0.15, 0.2) is 22.9 Å². The topological polar surface area (TPSA) is 67.6 Å². The maximum atomic E-state index is 8.52. The maximum absolute atomic E-state index is 8.52. The number of thiophene rings is 1. The van der Waals surface area contributed by atoms with E-state index in [1.165, 1.54) is 4.68 Å². The highest BCUT2D eigenvalue weighted by Crippen LogP contribution is 2.22. The molecule has 5 heteroatoms. The molecule has 2 aromatic rings. The van der Waals surface area contributed by atoms with Crippen LogP contribution in [0.2, 0.25) is 0 Å². The van der Waals surface area contributed by atoms with Gasteiger partial charge in [-0.25, -0.2) is 4.68 Å². The highest BCUT2D eigenvalue weighted by atomic mass is 32.1. The van der Waals surface area contributed by atoms with Gasteiger partial charge in [-0.15, -0.1) is 0 Å². The van der Waals surface area contributed by atoms with Crippen molar-refractivity contribution in [1.82, 2.24) is 9.78 Å². The summed E-state index contributed by atoms with van der Waals surface area (Å²) in [5.74, 6) is 0.521. The summed E-state index contributed by atoms with van der Waals surface area (Å²) in [6.07, 6.45) is 0. The molecular formula is C9H8N4S. The van der Waals surface area contributed by atoms with Crippen molar-refractivity contribution in [3.8, 4) is 17.3 Å². The Bertz CT molecular complexity index is 463. The second kappa shape index (κ2) is 3.52. The summed E-state index contributed by atoms with van der Waals surface area (Å²) in [6, 6.07) is 5.76. The number of nitrogens with zero attached hydrogens (tertiary/aromatic N) is 3. The molecule has 14 heavy (non-hydrogen) atoms. The molecule has 0 aliphatic carbocycles. The molecule has 0 aliphatic rings. The van der Waals surface area contributed by atoms with Crippen molar-refractivity contribution in [3.63, 3.8) is 0 Å². The molecule has 0 atom stereocenters. The number of aromatic nitrogens is 2. The van der Waals surface area contributed by atoms with Crippen molar-refractivity contribution in [2.45, 2.75) is 6.54 Å². The SMILES string of the molecule is N#CCn1nc(-c2ccsc2)cc1N. The summed E-state index contributed by atoms with van der Waals surface area (Å²) in [4.78, 5) is 0. The van der Waals surface area contributed by atoms with Crippen LogP contribution in [0.4, 0.5) is 5.82 Å². The molecule has 0 unspecified atom stereocenters. The van der Waals surface area contributed by atoms with Gasteiger partial charge in [0.2, 0.25) is 0 Å². The molecule has 0 aliphatic heterocycles. The fraction of sp³-hybridized carbons (Fsp3) is 0.111. The lowest BCUT2D eigenvalue weighted by Gasteiger charge is -1.93. The summed E-state index contributed by atoms with van der Waals surface area (Å²) in [6.45, 7) is 0.190. The zero-order chi connectivity index (χ0) is 9.97. The minimum absolute atomic E-state index is 0.190. The van der Waals surface area contributed by atoms with Crippen LogP contribution in [0.25, 0.3) is 11.3 Å². The van der Waals surface area contributed by atoms with E-state index in [4.69, 9.17) is 11.0 Å². The lowest BCUT2D eigenvalue weighted by molar-refractivity contribution is 0.723. The van der Waals surface area contributed by atoms with Crippen molar-refractivity contribution in [3.05, 3.63) is 22.9 Å². The first-order valence-electron chi connectivity index (χ1n) is 4.04. The van der Waals surface area contributed by atoms with Gasteiger partial charge in [0.05, 0.1) is 11.8 Å². The Morgan fingerprint density at radius 2 is 2.50 bits per heavy atom. The predicted molar refractivity (Wildman–Crippen MR) is 55.6 cm³/mol. The normalized spacial score (nSPS) is 9.93. The van der Waals surface area contributed by atoms with Gasteiger partial charge in [0.15, 0.2) is 0 Å². The maximum Gasteiger partial charge on any atom is 0.130 e. The Balaban J connectivity index is 2.39. The number of anilines is 1. The number of hydrogen-bond donors (Lipinski definition) is 1. The van der Waals surface area contributed by atoms with Crippen molar-refractivity contribution in [2.24, 2.45) is 0 Å². The molecule has 2 rings (SSSR count). The van der Waals surface area contributed by atoms with Crippen LogP contribution in [0.1, 0.15) is 0 Å². The second-order valence-corrected chi connectivity index (χ2v) is 3.56. The van der Waals surface area contributed by atoms with Gasteiger partial charge in [-0.3, -0.25) is 0 Å². The van der Waals surface area contributed by atoms with Gasteiger partial charge < -0.3 is 5.73 Å². The third kappa shape index (κ3) is 1.47. The molecule has 4 nitrogen and oxygen atoms in total. The van der Waals surface area contributed by atoms with Crippen LogP contribution >= 0.6 is 11.3 Å². The molecule has 0 radical (unpaired) electrons. The van der Waals surface area contributed by atoms with Gasteiger partial charge in [-0.05, 0) is 11.4 Å². The Hall–Kier alpha value is -1.80. The van der Waals surface area contributed by atoms with E-state index in [-0.39, 0.29) is 6.54 Å². The van der Waals surface area contributed by atoms with E-state index in [2.05, 4.69) is 5.10 Å². The molecule has 2 N–H and O–H groups in total. The van der Waals surface area contributed by atoms with E-state index < -0.39 is 0 Å². The van der Waals surface area contributed by atoms with Crippen LogP contribution < -0.4 is 5.73 Å². The van der Waals surface area contributed by atoms with Crippen molar-refractivity contribution in [1.29, 1.82) is 5.26 Å². The van der Waals surface area contributed by atoms with E-state index in [1.807, 2.05) is 22.9 Å². The van der Waals surface area contributed by atoms with Crippen LogP contribution in [0.3, 0.4) is 0 Å². The second-order valence-electron chi connectivity index (χ2n) is 2.78. The third-order valence-corrected chi connectivity index (χ3v) is 2.53. The first-order chi connectivity index (χ1) is 6.81. The van der Waals surface area contributed by atoms with Gasteiger partial charge in [-0.1, -0.05) is 0 Å². The van der Waals surface area contributed by atoms with Crippen LogP contribution in [-0.2, 0) is 6.54 Å². The average molecular weight is 204 g/mol. The summed E-state index contributed by atoms with van der Waals surface area (Å²) < 4.78 is 1.49. The van der Waals surface area contributed by atoms with Gasteiger partial charge >= 0.3 is 0 Å². The van der Waals surface area contributed by atoms with Crippen LogP contribution in [-0.4, -0.2) is 9.78 Å². The standard InChI is InChI=1S/C9H8N4S/c10-2-3-13-9(11)5-8(12-13)7-1-4-14-6-7/h1,4-6H,3,11H2. The molecule has 70 valence electrons. The van der Waals surface area contributed by atoms with Gasteiger partial charge in [0.1, 0.15) is 12.4 Å². The largest absolute Gasteiger partial charge is 0.384 e. The predicted octanol–water partition coefficient (Wildman–Crippen LogP) is 1.72. The molecule has 0 amide bonds. The third-order valence-electron chi connectivity index (χ3n) is 1.85. The first kappa shape index (κ1) is 8.78. The lowest BCUT2D eigenvalue weighted by atomic mass is 10.2. The minimum atomic E-state index is 0.190. The van der Waals surface area contributed by atoms with Crippen molar-refractivity contribution >= 4 is 17.2 Å². The Morgan fingerprint density at radius 3 is 3.14 bits per heavy atom. The van der Waals surface area contributed by atoms with Crippen LogP contribution in [0, 0.1) is 11.3 Å². The molecule has 0 saturated heterocycles. The van der Waals surface area contributed by atoms with Crippen molar-refractivity contribution < 1.29 is 0 Å². The summed E-state index contributed by atoms with van der Waals surface area (Å²) in [5, 5.41) is 16.7. The molecular weight excluding hydrogens is 196 g/mol. The minimum Gasteiger partial charge on any atom is -0.384 e. The number of nitrogens with two attached hydrogens (primary N) is 1. The molecule has 2 heterocycles. The number of rotatable bonds is 2. The molecule has 0 bridgehead atoms. The molecule has 0 fully saturated rings. The highest BCUT2D eigenvalue weighted by Gasteiger charge is 2.06. The van der Waals surface area contributed by atoms with E-state index in [9.17, 15) is 0 Å². The number of hydrogen-bond acceptors (Lipinski definition) is 4. The molecule has 2 aromatic heterocycles. The zero-order valence-electron chi connectivity index (χ0n) is 7.34. The fourth-order valence-corrected chi connectivity index (χ4v) is 1.83. The van der Waals surface area contributed by atoms with E-state index >= 15 is 0 Å². The molecule has 0 saturated carbocycles. The highest BCUT2D eigenvalue weighted by molar-refractivity contribution is 7.08. The Morgan fingerprint density at radius 1 is 1.64 bits per heavy atom. The van der Waals surface area contributed by atoms with Gasteiger partial charge in [0.25, 0.3) is 0 Å². The summed E-state index contributed by atoms with van der Waals surface area (Å²) in [5.41, 5.74) is 7.54. The van der Waals surface area contributed by atoms with Crippen LogP contribution in [0.5, 0.6) is 0 Å². The number of nitrogen functional groups attached to an aromatic ring is 1. The smallest absolute Gasteiger partial charge is 0.130 e. The first-order valence-corrected chi connectivity index (χ1v) is 4.98. The summed E-state index contributed by atoms with van der Waals surface area (Å²) in [7, 11) is 0. The fourth-order valence-electron chi connectivity index (χ4n) is 1.18. The quantitative estimate of drug-likeness (QED) is 0.809. The van der Waals surface area contributed by atoms with E-state index in [1.54, 1.807) is 17.4 Å². The average Bonchev–Trinajstić information content (AvgIpc) is 2.76. The van der Waals surface area contributed by atoms with Crippen molar-refractivity contribution in [2.75, 3.05) is 5.73 Å². The van der Waals surface area contributed by atoms with E-state index in [0.717, 1.165) is 11.3 Å². The Kier molecular flexibility index (Phi) is 2.21. The molecule has 0 spiro atoms. The number of nitriles is 1. The lowest BCUT2D eigenvalue weighted by Crippen LogP contribution is -2.02. The van der Waals surface area contributed by atoms with E-state index in [0.29, 0.717) is 5.82 Å². The summed E-state index contributed by atoms with van der Waals surface area (Å²) >= 11 is 1.61. The Labute approximate surface area is 85.2 Å². The zero-order valence-corrected chi connectivity index (χ0v) is 8.16. The van der Waals surface area contributed by atoms with Gasteiger partial charge in [-0.2, -0.15) is 21.7 Å². The molecule has 0 aromatic carbocycles.